The van der Waals surface area contributed by atoms with Gasteiger partial charge in [-0.3, -0.25) is 29.5 Å². The normalized spacial score (nSPS) is 18.6. The summed E-state index contributed by atoms with van der Waals surface area (Å²) in [7, 11) is 1.63. The number of esters is 1. The molecule has 7 N–H and O–H groups in total. The molecule has 2 aliphatic rings. The van der Waals surface area contributed by atoms with Crippen LogP contribution < -0.4 is 21.3 Å². The summed E-state index contributed by atoms with van der Waals surface area (Å²) in [5, 5.41) is 37.8. The summed E-state index contributed by atoms with van der Waals surface area (Å²) in [5.41, 5.74) is 3.13. The van der Waals surface area contributed by atoms with Gasteiger partial charge in [0.05, 0.1) is 5.25 Å². The van der Waals surface area contributed by atoms with Crippen LogP contribution in [0, 0.1) is 5.92 Å². The van der Waals surface area contributed by atoms with Gasteiger partial charge in [0, 0.05) is 31.2 Å². The van der Waals surface area contributed by atoms with Crippen molar-refractivity contribution < 1.29 is 44.0 Å². The molecule has 0 aromatic carbocycles. The minimum absolute atomic E-state index is 0.0307. The van der Waals surface area contributed by atoms with Crippen molar-refractivity contribution in [1.82, 2.24) is 26.3 Å². The Morgan fingerprint density at radius 3 is 2.44 bits per heavy atom. The maximum Gasteiger partial charge on any atom is 0.353 e. The van der Waals surface area contributed by atoms with E-state index in [1.54, 1.807) is 19.4 Å². The Morgan fingerprint density at radius 1 is 1.07 bits per heavy atom. The first-order valence-electron chi connectivity index (χ1n) is 14.8. The monoisotopic (exact) mass is 647 g/mol. The summed E-state index contributed by atoms with van der Waals surface area (Å²) in [5.74, 6) is -4.70. The number of allylic oxidation sites excluding steroid dienone is 1. The Kier molecular flexibility index (Phi) is 14.0. The maximum absolute atomic E-state index is 13.0. The van der Waals surface area contributed by atoms with E-state index in [0.717, 1.165) is 29.6 Å². The zero-order valence-electron chi connectivity index (χ0n) is 25.3. The molecule has 0 bridgehead atoms. The molecular formula is C30H41N5O9S. The molecule has 0 fully saturated rings. The zero-order valence-corrected chi connectivity index (χ0v) is 26.1. The first-order chi connectivity index (χ1) is 21.5. The van der Waals surface area contributed by atoms with Crippen LogP contribution in [0.2, 0.25) is 0 Å². The molecule has 1 aliphatic carbocycles. The van der Waals surface area contributed by atoms with Crippen molar-refractivity contribution in [2.75, 3.05) is 19.5 Å². The van der Waals surface area contributed by atoms with Crippen molar-refractivity contribution in [3.63, 3.8) is 0 Å². The van der Waals surface area contributed by atoms with Crippen LogP contribution in [0.5, 0.6) is 0 Å². The fourth-order valence-electron chi connectivity index (χ4n) is 5.10. The molecule has 2 amide bonds. The van der Waals surface area contributed by atoms with Gasteiger partial charge in [0.25, 0.3) is 0 Å². The highest BCUT2D eigenvalue weighted by Gasteiger charge is 2.40. The van der Waals surface area contributed by atoms with E-state index in [0.29, 0.717) is 25.0 Å². The summed E-state index contributed by atoms with van der Waals surface area (Å²) >= 11 is 1.28. The highest BCUT2D eigenvalue weighted by Crippen LogP contribution is 2.42. The van der Waals surface area contributed by atoms with Gasteiger partial charge in [0.2, 0.25) is 18.0 Å². The number of hydrogen-bond acceptors (Lipinski definition) is 11. The van der Waals surface area contributed by atoms with Crippen LogP contribution in [0.25, 0.3) is 0 Å². The molecule has 2 heterocycles. The number of nitrogens with one attached hydrogen (secondary N) is 4. The summed E-state index contributed by atoms with van der Waals surface area (Å²) in [4.78, 5) is 65.4. The third kappa shape index (κ3) is 10.7. The lowest BCUT2D eigenvalue weighted by atomic mass is 9.83. The number of nitrogens with zero attached hydrogens (tertiary/aromatic N) is 1. The third-order valence-electron chi connectivity index (χ3n) is 7.41. The van der Waals surface area contributed by atoms with Gasteiger partial charge in [-0.1, -0.05) is 25.0 Å². The van der Waals surface area contributed by atoms with Gasteiger partial charge in [-0.15, -0.1) is 11.8 Å². The van der Waals surface area contributed by atoms with Gasteiger partial charge in [0.15, 0.2) is 0 Å². The van der Waals surface area contributed by atoms with Crippen LogP contribution in [0.3, 0.4) is 0 Å². The predicted molar refractivity (Wildman–Crippen MR) is 164 cm³/mol. The predicted octanol–water partition coefficient (Wildman–Crippen LogP) is 0.677. The molecule has 15 heteroatoms. The first kappa shape index (κ1) is 35.7. The van der Waals surface area contributed by atoms with Crippen LogP contribution >= 0.6 is 11.8 Å². The number of aliphatic carboxylic acids is 2. The van der Waals surface area contributed by atoms with Crippen LogP contribution in [0.4, 0.5) is 0 Å². The Hall–Kier alpha value is -3.79. The maximum atomic E-state index is 13.0. The average Bonchev–Trinajstić information content (AvgIpc) is 3.33. The van der Waals surface area contributed by atoms with Crippen molar-refractivity contribution in [3.05, 3.63) is 53.1 Å². The molecular weight excluding hydrogens is 606 g/mol. The molecule has 0 saturated heterocycles. The second-order valence-electron chi connectivity index (χ2n) is 10.8. The lowest BCUT2D eigenvalue weighted by Crippen LogP contribution is -2.53. The van der Waals surface area contributed by atoms with E-state index in [9.17, 15) is 34.2 Å². The number of pyridine rings is 1. The number of rotatable bonds is 19. The summed E-state index contributed by atoms with van der Waals surface area (Å²) in [6, 6.07) is 1.59. The number of carbonyl (C=O) groups is 5. The fraction of sp³-hybridized carbons (Fsp3) is 0.533. The standard InChI is InChI=1S/C30H41N5O9S/c1-3-4-23(25-19-6-5-18(14-20(19)30(43)44-25)13-17-9-11-32-12-10-17)45-15-22(26(37)35-27(38)29(41)42)34-24(36)8-7-21(28(39)40)33-16-31-2/h9-12,14,20-23,27,31,33,38H,3-8,13,15-16H2,1-2H3,(H,34,36)(H,35,37)(H,39,40)(H,41,42). The second kappa shape index (κ2) is 17.6. The van der Waals surface area contributed by atoms with Crippen molar-refractivity contribution >= 4 is 41.5 Å². The first-order valence-corrected chi connectivity index (χ1v) is 15.8. The summed E-state index contributed by atoms with van der Waals surface area (Å²) < 4.78 is 5.80. The number of amides is 2. The number of hydrogen-bond donors (Lipinski definition) is 7. The highest BCUT2D eigenvalue weighted by molar-refractivity contribution is 8.00. The van der Waals surface area contributed by atoms with Gasteiger partial charge >= 0.3 is 17.9 Å². The molecule has 5 unspecified atom stereocenters. The summed E-state index contributed by atoms with van der Waals surface area (Å²) in [6.45, 7) is 2.17. The minimum Gasteiger partial charge on any atom is -0.480 e. The molecule has 0 saturated carbocycles. The molecule has 0 spiro atoms. The molecule has 5 atom stereocenters. The van der Waals surface area contributed by atoms with Crippen LogP contribution in [-0.4, -0.2) is 93.1 Å². The molecule has 0 radical (unpaired) electrons. The Labute approximate surface area is 265 Å². The number of carbonyl (C=O) groups excluding carboxylic acids is 3. The van der Waals surface area contributed by atoms with E-state index in [2.05, 4.69) is 20.9 Å². The number of aromatic nitrogens is 1. The Morgan fingerprint density at radius 2 is 1.80 bits per heavy atom. The Balaban J connectivity index is 1.73. The summed E-state index contributed by atoms with van der Waals surface area (Å²) in [6.07, 6.45) is 6.38. The average molecular weight is 648 g/mol. The van der Waals surface area contributed by atoms with Crippen molar-refractivity contribution in [1.29, 1.82) is 0 Å². The van der Waals surface area contributed by atoms with Crippen molar-refractivity contribution in [2.24, 2.45) is 5.92 Å². The number of aliphatic hydroxyl groups excluding tert-OH is 1. The quantitative estimate of drug-likeness (QED) is 0.0625. The molecule has 1 aromatic heterocycles. The van der Waals surface area contributed by atoms with E-state index in [-0.39, 0.29) is 36.5 Å². The molecule has 1 aromatic rings. The molecule has 14 nitrogen and oxygen atoms in total. The molecule has 3 rings (SSSR count). The van der Waals surface area contributed by atoms with E-state index >= 15 is 0 Å². The van der Waals surface area contributed by atoms with E-state index < -0.39 is 48.0 Å². The van der Waals surface area contributed by atoms with Crippen LogP contribution in [0.1, 0.15) is 51.0 Å². The van der Waals surface area contributed by atoms with E-state index in [1.807, 2.05) is 30.4 Å². The van der Waals surface area contributed by atoms with Crippen molar-refractivity contribution in [3.8, 4) is 0 Å². The third-order valence-corrected chi connectivity index (χ3v) is 8.79. The number of thioether (sulfide) groups is 1. The van der Waals surface area contributed by atoms with Crippen LogP contribution in [0.15, 0.2) is 47.5 Å². The second-order valence-corrected chi connectivity index (χ2v) is 12.0. The minimum atomic E-state index is -2.19. The van der Waals surface area contributed by atoms with Crippen molar-refractivity contribution in [2.45, 2.75) is 75.4 Å². The molecule has 45 heavy (non-hydrogen) atoms. The lowest BCUT2D eigenvalue weighted by molar-refractivity contribution is -0.151. The van der Waals surface area contributed by atoms with Crippen LogP contribution in [-0.2, 0) is 35.1 Å². The number of ether oxygens (including phenoxy) is 1. The number of cyclic esters (lactones) is 1. The molecule has 246 valence electrons. The van der Waals surface area contributed by atoms with E-state index in [4.69, 9.17) is 9.84 Å². The van der Waals surface area contributed by atoms with Gasteiger partial charge < -0.3 is 36.0 Å². The number of carboxylic acid groups (broad SMARTS) is 2. The number of carboxylic acids is 2. The SMILES string of the molecule is CCCC(SCC(NC(=O)CCC(NCNC)C(=O)O)C(=O)NC(O)C(=O)O)C1=C2CCC(Cc3ccncc3)=CC2C(=O)O1. The lowest BCUT2D eigenvalue weighted by Gasteiger charge is -2.24. The van der Waals surface area contributed by atoms with Gasteiger partial charge in [-0.2, -0.15) is 0 Å². The topological polar surface area (TPSA) is 216 Å². The largest absolute Gasteiger partial charge is 0.480 e. The Bertz CT molecular complexity index is 1290. The number of aliphatic hydroxyl groups is 1. The molecule has 1 aliphatic heterocycles. The highest BCUT2D eigenvalue weighted by atomic mass is 32.2. The fourth-order valence-corrected chi connectivity index (χ4v) is 6.51. The van der Waals surface area contributed by atoms with Gasteiger partial charge in [-0.05, 0) is 62.4 Å². The zero-order chi connectivity index (χ0) is 32.9. The van der Waals surface area contributed by atoms with Gasteiger partial charge in [0.1, 0.15) is 23.8 Å². The van der Waals surface area contributed by atoms with Gasteiger partial charge in [-0.25, -0.2) is 4.79 Å². The van der Waals surface area contributed by atoms with E-state index in [1.165, 1.54) is 11.8 Å². The smallest absolute Gasteiger partial charge is 0.353 e. The number of fused-ring (bicyclic) bond motifs is 1.